The maximum absolute atomic E-state index is 13.1. The molecule has 1 N–H and O–H groups in total. The number of hydrogen-bond acceptors (Lipinski definition) is 2. The van der Waals surface area contributed by atoms with E-state index in [0.29, 0.717) is 5.56 Å². The molecule has 2 rings (SSSR count). The number of carboxylic acids is 1. The van der Waals surface area contributed by atoms with E-state index in [-0.39, 0.29) is 16.9 Å². The number of carbonyl (C=O) groups excluding carboxylic acids is 1. The highest BCUT2D eigenvalue weighted by molar-refractivity contribution is 5.88. The van der Waals surface area contributed by atoms with Gasteiger partial charge in [-0.2, -0.15) is 13.2 Å². The smallest absolute Gasteiger partial charge is 0.471 e. The van der Waals surface area contributed by atoms with Crippen molar-refractivity contribution in [1.82, 2.24) is 4.90 Å². The van der Waals surface area contributed by atoms with Crippen molar-refractivity contribution in [3.05, 3.63) is 35.1 Å². The summed E-state index contributed by atoms with van der Waals surface area (Å²) in [5.41, 5.74) is 0.298. The highest BCUT2D eigenvalue weighted by Gasteiger charge is 2.48. The van der Waals surface area contributed by atoms with Gasteiger partial charge in [0.25, 0.3) is 0 Å². The third-order valence-electron chi connectivity index (χ3n) is 3.07. The van der Waals surface area contributed by atoms with E-state index in [1.807, 2.05) is 0 Å². The quantitative estimate of drug-likeness (QED) is 0.804. The summed E-state index contributed by atoms with van der Waals surface area (Å²) in [7, 11) is 0. The number of hydrogen-bond donors (Lipinski definition) is 1. The molecule has 0 saturated carbocycles. The van der Waals surface area contributed by atoms with Gasteiger partial charge in [0.1, 0.15) is 5.82 Å². The zero-order chi connectivity index (χ0) is 15.1. The molecule has 0 radical (unpaired) electrons. The fourth-order valence-electron chi connectivity index (χ4n) is 2.24. The van der Waals surface area contributed by atoms with Crippen molar-refractivity contribution in [1.29, 1.82) is 0 Å². The molecule has 0 fully saturated rings. The average Bonchev–Trinajstić information content (AvgIpc) is 2.34. The maximum Gasteiger partial charge on any atom is 0.471 e. The van der Waals surface area contributed by atoms with Crippen molar-refractivity contribution in [2.24, 2.45) is 0 Å². The normalized spacial score (nSPS) is 18.6. The Labute approximate surface area is 110 Å². The molecule has 0 saturated heterocycles. The number of aliphatic carboxylic acids is 1. The van der Waals surface area contributed by atoms with Crippen LogP contribution < -0.4 is 0 Å². The lowest BCUT2D eigenvalue weighted by Gasteiger charge is -2.35. The standard InChI is InChI=1S/C12H9F4NO3/c13-7-1-2-8-6(5-7)3-4-17(9(8)10(18)19)11(20)12(14,15)16/h1-2,5,9H,3-4H2,(H,18,19). The zero-order valence-corrected chi connectivity index (χ0v) is 9.95. The third kappa shape index (κ3) is 2.45. The molecule has 8 heteroatoms. The van der Waals surface area contributed by atoms with Crippen molar-refractivity contribution in [2.75, 3.05) is 6.54 Å². The molecule has 1 aromatic carbocycles. The second kappa shape index (κ2) is 4.77. The van der Waals surface area contributed by atoms with E-state index in [1.54, 1.807) is 0 Å². The van der Waals surface area contributed by atoms with Gasteiger partial charge in [0.15, 0.2) is 6.04 Å². The van der Waals surface area contributed by atoms with Gasteiger partial charge in [-0.3, -0.25) is 4.79 Å². The minimum absolute atomic E-state index is 0.00255. The third-order valence-corrected chi connectivity index (χ3v) is 3.07. The molecule has 0 aliphatic carbocycles. The number of carbonyl (C=O) groups is 2. The highest BCUT2D eigenvalue weighted by atomic mass is 19.4. The summed E-state index contributed by atoms with van der Waals surface area (Å²) in [5.74, 6) is -4.40. The molecule has 20 heavy (non-hydrogen) atoms. The number of fused-ring (bicyclic) bond motifs is 1. The molecular weight excluding hydrogens is 282 g/mol. The van der Waals surface area contributed by atoms with Crippen molar-refractivity contribution < 1.29 is 32.3 Å². The molecule has 4 nitrogen and oxygen atoms in total. The summed E-state index contributed by atoms with van der Waals surface area (Å²) < 4.78 is 50.5. The Morgan fingerprint density at radius 3 is 2.50 bits per heavy atom. The molecule has 0 aromatic heterocycles. The fourth-order valence-corrected chi connectivity index (χ4v) is 2.24. The first-order chi connectivity index (χ1) is 9.21. The summed E-state index contributed by atoms with van der Waals surface area (Å²) in [6.07, 6.45) is -5.18. The van der Waals surface area contributed by atoms with E-state index < -0.39 is 36.5 Å². The molecular formula is C12H9F4NO3. The number of nitrogens with zero attached hydrogens (tertiary/aromatic N) is 1. The molecule has 1 heterocycles. The van der Waals surface area contributed by atoms with E-state index in [2.05, 4.69) is 0 Å². The highest BCUT2D eigenvalue weighted by Crippen LogP contribution is 2.33. The average molecular weight is 291 g/mol. The molecule has 1 aromatic rings. The predicted molar refractivity (Wildman–Crippen MR) is 58.2 cm³/mol. The molecule has 0 bridgehead atoms. The number of benzene rings is 1. The Morgan fingerprint density at radius 1 is 1.30 bits per heavy atom. The van der Waals surface area contributed by atoms with Crippen LogP contribution in [0.2, 0.25) is 0 Å². The van der Waals surface area contributed by atoms with Crippen LogP contribution in [-0.2, 0) is 16.0 Å². The fraction of sp³-hybridized carbons (Fsp3) is 0.333. The van der Waals surface area contributed by atoms with Crippen molar-refractivity contribution in [2.45, 2.75) is 18.6 Å². The number of amides is 1. The van der Waals surface area contributed by atoms with Crippen LogP contribution >= 0.6 is 0 Å². The van der Waals surface area contributed by atoms with E-state index in [1.165, 1.54) is 0 Å². The Balaban J connectivity index is 2.46. The molecule has 108 valence electrons. The largest absolute Gasteiger partial charge is 0.479 e. The van der Waals surface area contributed by atoms with Gasteiger partial charge in [0, 0.05) is 6.54 Å². The number of rotatable bonds is 1. The van der Waals surface area contributed by atoms with Crippen LogP contribution in [0.4, 0.5) is 17.6 Å². The van der Waals surface area contributed by atoms with Crippen molar-refractivity contribution >= 4 is 11.9 Å². The molecule has 1 unspecified atom stereocenters. The van der Waals surface area contributed by atoms with Gasteiger partial charge >= 0.3 is 18.1 Å². The Bertz CT molecular complexity index is 570. The predicted octanol–water partition coefficient (Wildman–Crippen LogP) is 1.90. The van der Waals surface area contributed by atoms with Crippen LogP contribution in [0.5, 0.6) is 0 Å². The second-order valence-electron chi connectivity index (χ2n) is 4.33. The summed E-state index contributed by atoms with van der Waals surface area (Å²) in [4.78, 5) is 22.7. The van der Waals surface area contributed by atoms with Gasteiger partial charge in [0.2, 0.25) is 0 Å². The first-order valence-corrected chi connectivity index (χ1v) is 5.60. The van der Waals surface area contributed by atoms with Gasteiger partial charge in [-0.05, 0) is 29.7 Å². The Kier molecular flexibility index (Phi) is 3.41. The lowest BCUT2D eigenvalue weighted by molar-refractivity contribution is -0.190. The van der Waals surface area contributed by atoms with E-state index in [0.717, 1.165) is 18.2 Å². The summed E-state index contributed by atoms with van der Waals surface area (Å²) in [6.45, 7) is -0.425. The lowest BCUT2D eigenvalue weighted by Crippen LogP contribution is -2.48. The molecule has 1 aliphatic rings. The topological polar surface area (TPSA) is 57.6 Å². The van der Waals surface area contributed by atoms with E-state index in [4.69, 9.17) is 5.11 Å². The van der Waals surface area contributed by atoms with Crippen molar-refractivity contribution in [3.63, 3.8) is 0 Å². The first kappa shape index (κ1) is 14.3. The first-order valence-electron chi connectivity index (χ1n) is 5.60. The lowest BCUT2D eigenvalue weighted by atomic mass is 9.92. The van der Waals surface area contributed by atoms with Crippen LogP contribution in [0.25, 0.3) is 0 Å². The minimum atomic E-state index is -5.15. The summed E-state index contributed by atoms with van der Waals surface area (Å²) in [6, 6.07) is 1.37. The summed E-state index contributed by atoms with van der Waals surface area (Å²) >= 11 is 0. The number of halogens is 4. The van der Waals surface area contributed by atoms with Gasteiger partial charge in [-0.15, -0.1) is 0 Å². The molecule has 1 aliphatic heterocycles. The monoisotopic (exact) mass is 291 g/mol. The van der Waals surface area contributed by atoms with Crippen LogP contribution in [0, 0.1) is 5.82 Å². The van der Waals surface area contributed by atoms with Crippen LogP contribution in [-0.4, -0.2) is 34.6 Å². The molecule has 0 spiro atoms. The maximum atomic E-state index is 13.1. The van der Waals surface area contributed by atoms with Gasteiger partial charge in [-0.1, -0.05) is 6.07 Å². The van der Waals surface area contributed by atoms with E-state index in [9.17, 15) is 27.2 Å². The second-order valence-corrected chi connectivity index (χ2v) is 4.33. The Hall–Kier alpha value is -2.12. The minimum Gasteiger partial charge on any atom is -0.479 e. The zero-order valence-electron chi connectivity index (χ0n) is 9.95. The number of carboxylic acid groups (broad SMARTS) is 1. The van der Waals surface area contributed by atoms with E-state index >= 15 is 0 Å². The van der Waals surface area contributed by atoms with Crippen LogP contribution in [0.1, 0.15) is 17.2 Å². The molecule has 1 atom stereocenters. The van der Waals surface area contributed by atoms with Crippen LogP contribution in [0.3, 0.4) is 0 Å². The van der Waals surface area contributed by atoms with Crippen molar-refractivity contribution in [3.8, 4) is 0 Å². The van der Waals surface area contributed by atoms with Gasteiger partial charge < -0.3 is 10.0 Å². The Morgan fingerprint density at radius 2 is 1.95 bits per heavy atom. The van der Waals surface area contributed by atoms with Gasteiger partial charge in [0.05, 0.1) is 0 Å². The van der Waals surface area contributed by atoms with Gasteiger partial charge in [-0.25, -0.2) is 9.18 Å². The number of alkyl halides is 3. The summed E-state index contributed by atoms with van der Waals surface area (Å²) in [5, 5.41) is 9.08. The SMILES string of the molecule is O=C(O)C1c2ccc(F)cc2CCN1C(=O)C(F)(F)F. The van der Waals surface area contributed by atoms with Crippen LogP contribution in [0.15, 0.2) is 18.2 Å². The molecule has 1 amide bonds.